The van der Waals surface area contributed by atoms with Gasteiger partial charge in [0.2, 0.25) is 0 Å². The maximum atomic E-state index is 12.6. The Morgan fingerprint density at radius 3 is 2.22 bits per heavy atom. The van der Waals surface area contributed by atoms with E-state index in [0.29, 0.717) is 17.0 Å². The van der Waals surface area contributed by atoms with Crippen molar-refractivity contribution in [1.29, 1.82) is 0 Å². The van der Waals surface area contributed by atoms with Crippen LogP contribution >= 0.6 is 0 Å². The molecule has 4 rings (SSSR count). The average Bonchev–Trinajstić information content (AvgIpc) is 3.31. The van der Waals surface area contributed by atoms with Crippen molar-refractivity contribution in [2.24, 2.45) is 0 Å². The minimum absolute atomic E-state index is 0.0328. The molecule has 0 aliphatic rings. The van der Waals surface area contributed by atoms with Crippen LogP contribution in [0.1, 0.15) is 27.5 Å². The average molecular weight is 452 g/mol. The molecule has 0 aliphatic heterocycles. The normalized spacial score (nSPS) is 11.3. The number of amides is 1. The van der Waals surface area contributed by atoms with Crippen molar-refractivity contribution in [3.8, 4) is 5.69 Å². The highest BCUT2D eigenvalue weighted by molar-refractivity contribution is 7.92. The smallest absolute Gasteiger partial charge is 0.263 e. The highest BCUT2D eigenvalue weighted by Gasteiger charge is 2.16. The lowest BCUT2D eigenvalue weighted by Gasteiger charge is -2.09. The Kier molecular flexibility index (Phi) is 5.54. The predicted molar refractivity (Wildman–Crippen MR) is 119 cm³/mol. The fraction of sp³-hybridized carbons (Fsp3) is 0.136. The molecule has 0 fully saturated rings. The maximum absolute atomic E-state index is 12.6. The van der Waals surface area contributed by atoms with Gasteiger partial charge in [0.05, 0.1) is 16.3 Å². The van der Waals surface area contributed by atoms with Crippen LogP contribution in [0.5, 0.6) is 0 Å². The first-order chi connectivity index (χ1) is 15.2. The minimum Gasteiger partial charge on any atom is -0.360 e. The number of sulfonamides is 1. The van der Waals surface area contributed by atoms with Crippen LogP contribution in [0.4, 0.5) is 11.5 Å². The van der Waals surface area contributed by atoms with Crippen LogP contribution in [0.3, 0.4) is 0 Å². The van der Waals surface area contributed by atoms with Gasteiger partial charge in [-0.3, -0.25) is 9.52 Å². The summed E-state index contributed by atoms with van der Waals surface area (Å²) in [5, 5.41) is 10.8. The molecule has 10 heteroatoms. The highest BCUT2D eigenvalue weighted by atomic mass is 32.2. The summed E-state index contributed by atoms with van der Waals surface area (Å²) in [5.74, 6) is 0.282. The van der Waals surface area contributed by atoms with Gasteiger partial charge < -0.3 is 9.84 Å². The Morgan fingerprint density at radius 1 is 0.969 bits per heavy atom. The summed E-state index contributed by atoms with van der Waals surface area (Å²) in [6.07, 6.45) is 0. The van der Waals surface area contributed by atoms with Crippen LogP contribution in [0, 0.1) is 20.8 Å². The molecule has 0 spiro atoms. The third-order valence-electron chi connectivity index (χ3n) is 4.67. The van der Waals surface area contributed by atoms with Gasteiger partial charge in [0.25, 0.3) is 15.9 Å². The summed E-state index contributed by atoms with van der Waals surface area (Å²) in [6.45, 7) is 5.55. The topological polar surface area (TPSA) is 119 Å². The van der Waals surface area contributed by atoms with Crippen LogP contribution < -0.4 is 10.0 Å². The monoisotopic (exact) mass is 451 g/mol. The van der Waals surface area contributed by atoms with Crippen molar-refractivity contribution in [3.05, 3.63) is 83.4 Å². The molecule has 2 aromatic carbocycles. The molecule has 0 atom stereocenters. The number of aromatic nitrogens is 3. The van der Waals surface area contributed by atoms with Crippen molar-refractivity contribution in [2.75, 3.05) is 10.0 Å². The first kappa shape index (κ1) is 21.3. The minimum atomic E-state index is -3.82. The van der Waals surface area contributed by atoms with Crippen molar-refractivity contribution in [3.63, 3.8) is 0 Å². The van der Waals surface area contributed by atoms with E-state index in [1.807, 2.05) is 36.7 Å². The summed E-state index contributed by atoms with van der Waals surface area (Å²) in [7, 11) is -3.82. The lowest BCUT2D eigenvalue weighted by molar-refractivity contribution is 0.102. The molecule has 0 unspecified atom stereocenters. The number of hydrogen-bond donors (Lipinski definition) is 2. The van der Waals surface area contributed by atoms with E-state index in [0.717, 1.165) is 17.1 Å². The molecule has 9 nitrogen and oxygen atoms in total. The zero-order valence-corrected chi connectivity index (χ0v) is 18.5. The second-order valence-corrected chi connectivity index (χ2v) is 8.97. The summed E-state index contributed by atoms with van der Waals surface area (Å²) < 4.78 is 33.9. The Labute approximate surface area is 185 Å². The van der Waals surface area contributed by atoms with Crippen LogP contribution in [0.25, 0.3) is 5.69 Å². The van der Waals surface area contributed by atoms with Gasteiger partial charge in [-0.1, -0.05) is 5.16 Å². The zero-order valence-electron chi connectivity index (χ0n) is 17.7. The van der Waals surface area contributed by atoms with Gasteiger partial charge in [0, 0.05) is 23.0 Å². The predicted octanol–water partition coefficient (Wildman–Crippen LogP) is 3.84. The number of carbonyl (C=O) groups is 1. The van der Waals surface area contributed by atoms with Crippen molar-refractivity contribution in [1.82, 2.24) is 14.9 Å². The summed E-state index contributed by atoms with van der Waals surface area (Å²) in [5.41, 5.74) is 3.71. The van der Waals surface area contributed by atoms with Gasteiger partial charge >= 0.3 is 0 Å². The zero-order chi connectivity index (χ0) is 22.9. The third-order valence-corrected chi connectivity index (χ3v) is 6.04. The Bertz CT molecular complexity index is 1370. The van der Waals surface area contributed by atoms with Gasteiger partial charge in [-0.2, -0.15) is 5.10 Å². The summed E-state index contributed by atoms with van der Waals surface area (Å²) in [6, 6.07) is 16.4. The summed E-state index contributed by atoms with van der Waals surface area (Å²) >= 11 is 0. The maximum Gasteiger partial charge on any atom is 0.263 e. The van der Waals surface area contributed by atoms with Crippen molar-refractivity contribution < 1.29 is 17.7 Å². The number of hydrogen-bond acceptors (Lipinski definition) is 6. The third kappa shape index (κ3) is 4.54. The number of anilines is 2. The molecule has 0 saturated heterocycles. The molecule has 2 N–H and O–H groups in total. The van der Waals surface area contributed by atoms with Crippen LogP contribution in [0.2, 0.25) is 0 Å². The Morgan fingerprint density at radius 2 is 1.66 bits per heavy atom. The molecule has 2 aromatic heterocycles. The van der Waals surface area contributed by atoms with Gasteiger partial charge in [-0.25, -0.2) is 13.1 Å². The van der Waals surface area contributed by atoms with Gasteiger partial charge in [-0.15, -0.1) is 0 Å². The lowest BCUT2D eigenvalue weighted by atomic mass is 10.2. The molecule has 1 amide bonds. The Balaban J connectivity index is 1.44. The number of rotatable bonds is 6. The fourth-order valence-corrected chi connectivity index (χ4v) is 4.16. The van der Waals surface area contributed by atoms with Crippen LogP contribution in [-0.4, -0.2) is 29.3 Å². The molecule has 4 aromatic rings. The van der Waals surface area contributed by atoms with Crippen LogP contribution in [0.15, 0.2) is 70.1 Å². The van der Waals surface area contributed by atoms with Crippen molar-refractivity contribution in [2.45, 2.75) is 25.7 Å². The van der Waals surface area contributed by atoms with Crippen LogP contribution in [-0.2, 0) is 10.0 Å². The molecular formula is C22H21N5O4S. The molecule has 0 aliphatic carbocycles. The second-order valence-electron chi connectivity index (χ2n) is 7.29. The largest absolute Gasteiger partial charge is 0.360 e. The van der Waals surface area contributed by atoms with E-state index in [2.05, 4.69) is 20.3 Å². The molecule has 0 bridgehead atoms. The molecule has 0 radical (unpaired) electrons. The first-order valence-electron chi connectivity index (χ1n) is 9.72. The quantitative estimate of drug-likeness (QED) is 0.460. The molecule has 0 saturated carbocycles. The van der Waals surface area contributed by atoms with E-state index in [1.54, 1.807) is 19.1 Å². The molecular weight excluding hydrogens is 430 g/mol. The fourth-order valence-electron chi connectivity index (χ4n) is 3.18. The van der Waals surface area contributed by atoms with Gasteiger partial charge in [0.15, 0.2) is 5.82 Å². The number of benzene rings is 2. The molecule has 32 heavy (non-hydrogen) atoms. The van der Waals surface area contributed by atoms with E-state index in [9.17, 15) is 13.2 Å². The van der Waals surface area contributed by atoms with E-state index >= 15 is 0 Å². The van der Waals surface area contributed by atoms with Gasteiger partial charge in [0.1, 0.15) is 5.76 Å². The van der Waals surface area contributed by atoms with E-state index < -0.39 is 10.0 Å². The van der Waals surface area contributed by atoms with E-state index in [4.69, 9.17) is 4.52 Å². The SMILES string of the molecule is Cc1cc(C)n(-c2ccc(C(=O)Nc3ccc(S(=O)(=O)Nc4cc(C)on4)cc3)cc2)n1. The highest BCUT2D eigenvalue weighted by Crippen LogP contribution is 2.19. The number of nitrogens with one attached hydrogen (secondary N) is 2. The summed E-state index contributed by atoms with van der Waals surface area (Å²) in [4.78, 5) is 12.6. The molecule has 2 heterocycles. The van der Waals surface area contributed by atoms with E-state index in [1.165, 1.54) is 30.3 Å². The number of carbonyl (C=O) groups excluding carboxylic acids is 1. The number of nitrogens with zero attached hydrogens (tertiary/aromatic N) is 3. The van der Waals surface area contributed by atoms with Gasteiger partial charge in [-0.05, 0) is 75.4 Å². The first-order valence-corrected chi connectivity index (χ1v) is 11.2. The van der Waals surface area contributed by atoms with E-state index in [-0.39, 0.29) is 16.6 Å². The Hall–Kier alpha value is -3.92. The molecule has 164 valence electrons. The number of aryl methyl sites for hydroxylation is 3. The lowest BCUT2D eigenvalue weighted by Crippen LogP contribution is -2.14. The second kappa shape index (κ2) is 8.31. The standard InChI is InChI=1S/C22H21N5O4S/c1-14-12-15(2)27(24-14)19-8-4-17(5-9-19)22(28)23-18-6-10-20(11-7-18)32(29,30)26-21-13-16(3)31-25-21/h4-13H,1-3H3,(H,23,28)(H,25,26). The van der Waals surface area contributed by atoms with Crippen molar-refractivity contribution >= 4 is 27.4 Å².